The second kappa shape index (κ2) is 8.86. The molecule has 0 aromatic heterocycles. The van der Waals surface area contributed by atoms with Gasteiger partial charge in [-0.25, -0.2) is 14.3 Å². The Morgan fingerprint density at radius 3 is 2.67 bits per heavy atom. The lowest BCUT2D eigenvalue weighted by molar-refractivity contribution is -0.482. The van der Waals surface area contributed by atoms with E-state index >= 15 is 0 Å². The lowest BCUT2D eigenvalue weighted by Crippen LogP contribution is -2.44. The number of nitrogens with zero attached hydrogens (tertiary/aromatic N) is 5. The van der Waals surface area contributed by atoms with Crippen LogP contribution in [0.1, 0.15) is 6.92 Å². The number of nitriles is 1. The van der Waals surface area contributed by atoms with Gasteiger partial charge in [-0.05, 0) is 6.92 Å². The van der Waals surface area contributed by atoms with Crippen LogP contribution in [0.15, 0.2) is 10.4 Å². The first-order valence-corrected chi connectivity index (χ1v) is 6.60. The van der Waals surface area contributed by atoms with Crippen molar-refractivity contribution in [3.05, 3.63) is 0 Å². The molecular weight excluding hydrogens is 278 g/mol. The van der Waals surface area contributed by atoms with Crippen LogP contribution in [0.25, 0.3) is 0 Å². The molecule has 0 aliphatic carbocycles. The van der Waals surface area contributed by atoms with Gasteiger partial charge in [0.1, 0.15) is 19.2 Å². The summed E-state index contributed by atoms with van der Waals surface area (Å²) in [6.07, 6.45) is 0. The zero-order chi connectivity index (χ0) is 15.7. The van der Waals surface area contributed by atoms with Gasteiger partial charge in [-0.3, -0.25) is 4.84 Å². The summed E-state index contributed by atoms with van der Waals surface area (Å²) in [4.78, 5) is 18.5. The van der Waals surface area contributed by atoms with Gasteiger partial charge in [0.25, 0.3) is 6.04 Å². The van der Waals surface area contributed by atoms with Crippen LogP contribution in [0.3, 0.4) is 0 Å². The zero-order valence-electron chi connectivity index (χ0n) is 12.5. The molecule has 0 saturated carbocycles. The number of esters is 1. The van der Waals surface area contributed by atoms with Gasteiger partial charge in [0.05, 0.1) is 33.9 Å². The Bertz CT molecular complexity index is 447. The minimum absolute atomic E-state index is 0.177. The average Bonchev–Trinajstić information content (AvgIpc) is 2.48. The molecule has 1 fully saturated rings. The number of rotatable bonds is 4. The summed E-state index contributed by atoms with van der Waals surface area (Å²) in [5.41, 5.74) is 0. The third kappa shape index (κ3) is 5.35. The van der Waals surface area contributed by atoms with Gasteiger partial charge in [0.15, 0.2) is 0 Å². The minimum atomic E-state index is -1.32. The molecule has 0 aromatic carbocycles. The summed E-state index contributed by atoms with van der Waals surface area (Å²) in [7, 11) is 3.60. The van der Waals surface area contributed by atoms with Crippen LogP contribution in [-0.2, 0) is 19.1 Å². The van der Waals surface area contributed by atoms with Crippen molar-refractivity contribution in [1.82, 2.24) is 4.90 Å². The summed E-state index contributed by atoms with van der Waals surface area (Å²) >= 11 is 0. The predicted octanol–water partition coefficient (Wildman–Crippen LogP) is -0.214. The van der Waals surface area contributed by atoms with Crippen LogP contribution in [-0.4, -0.2) is 74.5 Å². The highest BCUT2D eigenvalue weighted by atomic mass is 16.7. The number of ether oxygens (including phenoxy) is 2. The minimum Gasteiger partial charge on any atom is -0.464 e. The highest BCUT2D eigenvalue weighted by Crippen LogP contribution is 2.02. The SMILES string of the molecule is CCOC(=O)C(C#N)N=NOC(N1CCOCC1)=[N+](C)C. The highest BCUT2D eigenvalue weighted by Gasteiger charge is 2.26. The van der Waals surface area contributed by atoms with E-state index in [0.29, 0.717) is 32.3 Å². The molecule has 0 N–H and O–H groups in total. The van der Waals surface area contributed by atoms with Crippen molar-refractivity contribution in [2.24, 2.45) is 10.4 Å². The lowest BCUT2D eigenvalue weighted by Gasteiger charge is -2.21. The third-order valence-corrected chi connectivity index (χ3v) is 2.58. The van der Waals surface area contributed by atoms with Crippen molar-refractivity contribution >= 4 is 12.0 Å². The van der Waals surface area contributed by atoms with Gasteiger partial charge in [-0.2, -0.15) is 5.26 Å². The lowest BCUT2D eigenvalue weighted by atomic mass is 10.4. The quantitative estimate of drug-likeness (QED) is 0.178. The van der Waals surface area contributed by atoms with Crippen molar-refractivity contribution in [1.29, 1.82) is 5.26 Å². The number of morpholine rings is 1. The molecule has 1 saturated heterocycles. The van der Waals surface area contributed by atoms with Crippen LogP contribution >= 0.6 is 0 Å². The summed E-state index contributed by atoms with van der Waals surface area (Å²) in [6, 6.07) is 0.851. The summed E-state index contributed by atoms with van der Waals surface area (Å²) < 4.78 is 11.7. The van der Waals surface area contributed by atoms with E-state index < -0.39 is 12.0 Å². The molecule has 1 rings (SSSR count). The molecule has 0 bridgehead atoms. The third-order valence-electron chi connectivity index (χ3n) is 2.58. The highest BCUT2D eigenvalue weighted by molar-refractivity contribution is 5.78. The molecule has 9 heteroatoms. The second-order valence-corrected chi connectivity index (χ2v) is 4.35. The van der Waals surface area contributed by atoms with Crippen LogP contribution < -0.4 is 0 Å². The number of carbonyl (C=O) groups is 1. The largest absolute Gasteiger partial charge is 0.473 e. The molecule has 1 aliphatic rings. The van der Waals surface area contributed by atoms with Gasteiger partial charge in [0.2, 0.25) is 0 Å². The molecule has 9 nitrogen and oxygen atoms in total. The van der Waals surface area contributed by atoms with Crippen LogP contribution in [0.2, 0.25) is 0 Å². The van der Waals surface area contributed by atoms with E-state index in [1.165, 1.54) is 0 Å². The van der Waals surface area contributed by atoms with E-state index in [9.17, 15) is 4.79 Å². The summed E-state index contributed by atoms with van der Waals surface area (Å²) in [6.45, 7) is 4.36. The van der Waals surface area contributed by atoms with Gasteiger partial charge in [-0.1, -0.05) is 0 Å². The molecule has 0 aromatic rings. The number of hydrogen-bond donors (Lipinski definition) is 0. The molecule has 1 atom stereocenters. The van der Waals surface area contributed by atoms with Gasteiger partial charge < -0.3 is 9.47 Å². The fourth-order valence-electron chi connectivity index (χ4n) is 1.63. The normalized spacial score (nSPS) is 16.2. The maximum atomic E-state index is 11.4. The Morgan fingerprint density at radius 1 is 1.48 bits per heavy atom. The fraction of sp³-hybridized carbons (Fsp3) is 0.750. The molecule has 21 heavy (non-hydrogen) atoms. The topological polar surface area (TPSA) is 99.5 Å². The van der Waals surface area contributed by atoms with Crippen LogP contribution in [0.5, 0.6) is 0 Å². The summed E-state index contributed by atoms with van der Waals surface area (Å²) in [5.74, 6) is -0.745. The smallest absolute Gasteiger partial charge is 0.464 e. The first kappa shape index (κ1) is 16.8. The van der Waals surface area contributed by atoms with Gasteiger partial charge >= 0.3 is 12.0 Å². The monoisotopic (exact) mass is 298 g/mol. The second-order valence-electron chi connectivity index (χ2n) is 4.35. The van der Waals surface area contributed by atoms with E-state index in [4.69, 9.17) is 19.6 Å². The van der Waals surface area contributed by atoms with Crippen LogP contribution in [0, 0.1) is 11.3 Å². The number of amidine groups is 1. The Kier molecular flexibility index (Phi) is 7.11. The Balaban J connectivity index is 2.64. The molecule has 1 heterocycles. The molecular formula is C12H20N5O4+. The van der Waals surface area contributed by atoms with E-state index in [2.05, 4.69) is 10.4 Å². The maximum absolute atomic E-state index is 11.4. The Hall–Kier alpha value is -2.21. The standard InChI is InChI=1S/C12H20N5O4/c1-4-20-11(18)10(9-13)14-15-21-12(16(2)3)17-5-7-19-8-6-17/h10H,4-8H2,1-3H3/q+1. The van der Waals surface area contributed by atoms with Crippen molar-refractivity contribution in [3.8, 4) is 6.07 Å². The van der Waals surface area contributed by atoms with Crippen molar-refractivity contribution in [2.45, 2.75) is 13.0 Å². The van der Waals surface area contributed by atoms with E-state index in [1.54, 1.807) is 31.7 Å². The Morgan fingerprint density at radius 2 is 2.14 bits per heavy atom. The average molecular weight is 298 g/mol. The van der Waals surface area contributed by atoms with E-state index in [0.717, 1.165) is 0 Å². The number of carbonyl (C=O) groups excluding carboxylic acids is 1. The summed E-state index contributed by atoms with van der Waals surface area (Å²) in [5, 5.41) is 15.9. The number of hydrogen-bond acceptors (Lipinski definition) is 7. The van der Waals surface area contributed by atoms with Crippen molar-refractivity contribution in [2.75, 3.05) is 47.0 Å². The molecule has 0 spiro atoms. The molecule has 0 radical (unpaired) electrons. The Labute approximate surface area is 123 Å². The first-order chi connectivity index (χ1) is 10.1. The van der Waals surface area contributed by atoms with Crippen molar-refractivity contribution < 1.29 is 23.7 Å². The molecule has 0 amide bonds. The van der Waals surface area contributed by atoms with E-state index in [-0.39, 0.29) is 6.61 Å². The van der Waals surface area contributed by atoms with Crippen molar-refractivity contribution in [3.63, 3.8) is 0 Å². The van der Waals surface area contributed by atoms with Gasteiger partial charge in [0, 0.05) is 5.28 Å². The molecule has 1 aliphatic heterocycles. The first-order valence-electron chi connectivity index (χ1n) is 6.60. The zero-order valence-corrected chi connectivity index (χ0v) is 12.5. The molecule has 116 valence electrons. The van der Waals surface area contributed by atoms with Crippen LogP contribution in [0.4, 0.5) is 0 Å². The van der Waals surface area contributed by atoms with E-state index in [1.807, 2.05) is 4.90 Å². The maximum Gasteiger partial charge on any atom is 0.473 e. The fourth-order valence-corrected chi connectivity index (χ4v) is 1.63. The van der Waals surface area contributed by atoms with Gasteiger partial charge in [-0.15, -0.1) is 5.11 Å². The predicted molar refractivity (Wildman–Crippen MR) is 71.5 cm³/mol. The molecule has 1 unspecified atom stereocenters.